The van der Waals surface area contributed by atoms with Gasteiger partial charge in [-0.15, -0.1) is 10.2 Å². The van der Waals surface area contributed by atoms with Crippen LogP contribution < -0.4 is 10.6 Å². The molecule has 1 aliphatic carbocycles. The Hall–Kier alpha value is -4.68. The topological polar surface area (TPSA) is 138 Å². The number of H-pyrrole nitrogens is 1. The molecule has 2 amide bonds. The largest absolute Gasteiger partial charge is 0.347 e. The second kappa shape index (κ2) is 9.41. The van der Waals surface area contributed by atoms with Gasteiger partial charge < -0.3 is 10.6 Å². The quantitative estimate of drug-likeness (QED) is 0.364. The van der Waals surface area contributed by atoms with Gasteiger partial charge in [0, 0.05) is 30.2 Å². The van der Waals surface area contributed by atoms with Gasteiger partial charge in [-0.1, -0.05) is 24.3 Å². The van der Waals surface area contributed by atoms with Crippen molar-refractivity contribution in [2.45, 2.75) is 31.9 Å². The molecule has 1 unspecified atom stereocenters. The maximum Gasteiger partial charge on any atom is 0.275 e. The van der Waals surface area contributed by atoms with Gasteiger partial charge in [0.25, 0.3) is 17.7 Å². The number of fused-ring (bicyclic) bond motifs is 1. The van der Waals surface area contributed by atoms with Crippen LogP contribution in [0.4, 0.5) is 13.2 Å². The van der Waals surface area contributed by atoms with E-state index in [2.05, 4.69) is 41.2 Å². The first-order chi connectivity index (χ1) is 17.7. The molecule has 5 rings (SSSR count). The molecule has 2 heterocycles. The van der Waals surface area contributed by atoms with E-state index >= 15 is 0 Å². The van der Waals surface area contributed by atoms with E-state index < -0.39 is 30.2 Å². The van der Waals surface area contributed by atoms with Crippen LogP contribution in [0.15, 0.2) is 48.8 Å². The summed E-state index contributed by atoms with van der Waals surface area (Å²) in [6, 6.07) is 8.99. The summed E-state index contributed by atoms with van der Waals surface area (Å²) in [6.45, 7) is 1.73. The Bertz CT molecular complexity index is 1490. The van der Waals surface area contributed by atoms with Crippen molar-refractivity contribution in [1.82, 2.24) is 41.2 Å². The smallest absolute Gasteiger partial charge is 0.275 e. The third-order valence-corrected chi connectivity index (χ3v) is 6.00. The number of halogens is 3. The van der Waals surface area contributed by atoms with E-state index in [-0.39, 0.29) is 40.7 Å². The van der Waals surface area contributed by atoms with Crippen molar-refractivity contribution in [2.24, 2.45) is 0 Å². The van der Waals surface area contributed by atoms with Crippen molar-refractivity contribution >= 4 is 11.8 Å². The monoisotopic (exact) mass is 508 g/mol. The number of benzene rings is 2. The number of aromatic nitrogens is 6. The van der Waals surface area contributed by atoms with Gasteiger partial charge in [-0.2, -0.15) is 5.21 Å². The first kappa shape index (κ1) is 24.0. The van der Waals surface area contributed by atoms with Crippen molar-refractivity contribution in [3.05, 3.63) is 88.3 Å². The summed E-state index contributed by atoms with van der Waals surface area (Å²) < 4.78 is 43.0. The maximum absolute atomic E-state index is 14.8. The van der Waals surface area contributed by atoms with Crippen LogP contribution >= 0.6 is 0 Å². The Morgan fingerprint density at radius 2 is 1.86 bits per heavy atom. The van der Waals surface area contributed by atoms with E-state index in [1.807, 2.05) is 0 Å². The van der Waals surface area contributed by atoms with Gasteiger partial charge in [-0.25, -0.2) is 23.1 Å². The highest BCUT2D eigenvalue weighted by atomic mass is 19.3. The summed E-state index contributed by atoms with van der Waals surface area (Å²) in [6.07, 6.45) is 0.402. The Kier molecular flexibility index (Phi) is 6.11. The van der Waals surface area contributed by atoms with Crippen molar-refractivity contribution in [3.8, 4) is 11.4 Å². The van der Waals surface area contributed by atoms with E-state index in [0.29, 0.717) is 16.7 Å². The van der Waals surface area contributed by atoms with Gasteiger partial charge in [0.15, 0.2) is 0 Å². The molecule has 0 saturated heterocycles. The van der Waals surface area contributed by atoms with Crippen molar-refractivity contribution in [1.29, 1.82) is 0 Å². The number of tetrazole rings is 1. The van der Waals surface area contributed by atoms with Gasteiger partial charge >= 0.3 is 0 Å². The molecule has 13 heteroatoms. The van der Waals surface area contributed by atoms with E-state index in [1.165, 1.54) is 24.3 Å². The lowest BCUT2D eigenvalue weighted by molar-refractivity contribution is -0.00843. The number of hydrogen-bond donors (Lipinski definition) is 3. The van der Waals surface area contributed by atoms with E-state index in [1.54, 1.807) is 25.1 Å². The minimum absolute atomic E-state index is 0.0825. The number of hydrogen-bond acceptors (Lipinski definition) is 7. The summed E-state index contributed by atoms with van der Waals surface area (Å²) >= 11 is 0. The maximum atomic E-state index is 14.8. The summed E-state index contributed by atoms with van der Waals surface area (Å²) in [7, 11) is 0. The number of aromatic amines is 1. The predicted molar refractivity (Wildman–Crippen MR) is 123 cm³/mol. The minimum atomic E-state index is -3.19. The molecular formula is C24H19F3N8O2. The number of rotatable bonds is 6. The lowest BCUT2D eigenvalue weighted by atomic mass is 10.0. The molecule has 3 N–H and O–H groups in total. The number of nitrogens with one attached hydrogen (secondary N) is 3. The molecule has 1 aliphatic rings. The van der Waals surface area contributed by atoms with Crippen LogP contribution in [0.1, 0.15) is 55.7 Å². The molecule has 10 nitrogen and oxygen atoms in total. The molecule has 37 heavy (non-hydrogen) atoms. The zero-order valence-corrected chi connectivity index (χ0v) is 19.3. The van der Waals surface area contributed by atoms with Gasteiger partial charge in [0.05, 0.1) is 6.04 Å². The number of amides is 2. The third kappa shape index (κ3) is 4.87. The minimum Gasteiger partial charge on any atom is -0.347 e. The third-order valence-electron chi connectivity index (χ3n) is 6.00. The van der Waals surface area contributed by atoms with Crippen LogP contribution in [0.25, 0.3) is 11.4 Å². The molecule has 2 aromatic carbocycles. The zero-order valence-electron chi connectivity index (χ0n) is 19.3. The van der Waals surface area contributed by atoms with Crippen LogP contribution in [0.2, 0.25) is 0 Å². The number of carbonyl (C=O) groups is 2. The lowest BCUT2D eigenvalue weighted by Crippen LogP contribution is -2.30. The normalized spacial score (nSPS) is 15.7. The Balaban J connectivity index is 1.29. The fraction of sp³-hybridized carbons (Fsp3) is 0.208. The molecule has 0 saturated carbocycles. The molecule has 0 bridgehead atoms. The number of carbonyl (C=O) groups excluding carboxylic acids is 2. The fourth-order valence-electron chi connectivity index (χ4n) is 4.13. The van der Waals surface area contributed by atoms with E-state index in [9.17, 15) is 22.8 Å². The first-order valence-electron chi connectivity index (χ1n) is 11.1. The van der Waals surface area contributed by atoms with Crippen LogP contribution in [0.5, 0.6) is 0 Å². The molecule has 0 spiro atoms. The Morgan fingerprint density at radius 3 is 2.59 bits per heavy atom. The average molecular weight is 508 g/mol. The summed E-state index contributed by atoms with van der Waals surface area (Å²) in [5.41, 5.74) is 1.27. The molecule has 188 valence electrons. The summed E-state index contributed by atoms with van der Waals surface area (Å²) in [4.78, 5) is 33.2. The molecule has 1 atom stereocenters. The summed E-state index contributed by atoms with van der Waals surface area (Å²) in [5.74, 6) is -4.68. The highest BCUT2D eigenvalue weighted by Gasteiger charge is 2.45. The predicted octanol–water partition coefficient (Wildman–Crippen LogP) is 3.00. The van der Waals surface area contributed by atoms with Crippen molar-refractivity contribution in [2.75, 3.05) is 0 Å². The standard InChI is InChI=1S/C24H19F3N8O2/c1-12-6-13(2-5-17(12)25)10-28-22(36)18-8-19(30-11-29-18)23(37)31-20-9-24(26,27)16-7-14(3-4-15(16)20)21-32-34-35-33-21/h2-8,11,20H,9-10H2,1H3,(H,28,36)(H,31,37)(H,32,33,34,35). The van der Waals surface area contributed by atoms with Crippen molar-refractivity contribution < 1.29 is 22.8 Å². The van der Waals surface area contributed by atoms with Gasteiger partial charge in [-0.3, -0.25) is 9.59 Å². The van der Waals surface area contributed by atoms with E-state index in [4.69, 9.17) is 0 Å². The average Bonchev–Trinajstić information content (AvgIpc) is 3.51. The first-order valence-corrected chi connectivity index (χ1v) is 11.1. The van der Waals surface area contributed by atoms with Crippen molar-refractivity contribution in [3.63, 3.8) is 0 Å². The molecule has 0 radical (unpaired) electrons. The molecule has 0 aliphatic heterocycles. The molecule has 0 fully saturated rings. The molecular weight excluding hydrogens is 489 g/mol. The van der Waals surface area contributed by atoms with Crippen LogP contribution in [0, 0.1) is 12.7 Å². The molecule has 2 aromatic heterocycles. The number of aryl methyl sites for hydroxylation is 1. The highest BCUT2D eigenvalue weighted by Crippen LogP contribution is 2.48. The van der Waals surface area contributed by atoms with Crippen LogP contribution in [0.3, 0.4) is 0 Å². The van der Waals surface area contributed by atoms with E-state index in [0.717, 1.165) is 6.33 Å². The lowest BCUT2D eigenvalue weighted by Gasteiger charge is -2.14. The molecule has 4 aromatic rings. The SMILES string of the molecule is Cc1cc(CNC(=O)c2cc(C(=O)NC3CC(F)(F)c4cc(-c5nn[nH]n5)ccc43)ncn2)ccc1F. The second-order valence-corrected chi connectivity index (χ2v) is 8.53. The van der Waals surface area contributed by atoms with Crippen LogP contribution in [-0.4, -0.2) is 42.4 Å². The van der Waals surface area contributed by atoms with Gasteiger partial charge in [0.1, 0.15) is 23.5 Å². The zero-order chi connectivity index (χ0) is 26.2. The number of alkyl halides is 2. The summed E-state index contributed by atoms with van der Waals surface area (Å²) in [5, 5.41) is 18.5. The Morgan fingerprint density at radius 1 is 1.08 bits per heavy atom. The highest BCUT2D eigenvalue weighted by molar-refractivity contribution is 5.97. The van der Waals surface area contributed by atoms with Gasteiger partial charge in [-0.05, 0) is 41.0 Å². The second-order valence-electron chi connectivity index (χ2n) is 8.53. The van der Waals surface area contributed by atoms with Gasteiger partial charge in [0.2, 0.25) is 5.82 Å². The number of nitrogens with zero attached hydrogens (tertiary/aromatic N) is 5. The Labute approximate surface area is 207 Å². The fourth-order valence-corrected chi connectivity index (χ4v) is 4.13. The van der Waals surface area contributed by atoms with Crippen LogP contribution in [-0.2, 0) is 12.5 Å².